The highest BCUT2D eigenvalue weighted by atomic mass is 35.5. The van der Waals surface area contributed by atoms with Gasteiger partial charge in [0.1, 0.15) is 5.02 Å². The summed E-state index contributed by atoms with van der Waals surface area (Å²) in [5.74, 6) is 0.819. The largest absolute Gasteiger partial charge is 0.353 e. The van der Waals surface area contributed by atoms with Crippen LogP contribution in [0.4, 0.5) is 11.4 Å². The summed E-state index contributed by atoms with van der Waals surface area (Å²) in [4.78, 5) is 11.9. The molecule has 2 N–H and O–H groups in total. The third-order valence-electron chi connectivity index (χ3n) is 5.37. The van der Waals surface area contributed by atoms with Crippen molar-refractivity contribution in [3.8, 4) is 0 Å². The Labute approximate surface area is 163 Å². The highest BCUT2D eigenvalue weighted by Crippen LogP contribution is 2.26. The first-order valence-electron chi connectivity index (χ1n) is 9.40. The van der Waals surface area contributed by atoms with Crippen molar-refractivity contribution < 1.29 is 0 Å². The van der Waals surface area contributed by atoms with Gasteiger partial charge >= 0.3 is 0 Å². The number of anilines is 2. The summed E-state index contributed by atoms with van der Waals surface area (Å²) in [6, 6.07) is 8.33. The highest BCUT2D eigenvalue weighted by Gasteiger charge is 2.13. The van der Waals surface area contributed by atoms with Crippen LogP contribution in [0, 0.1) is 5.92 Å². The first-order chi connectivity index (χ1) is 13.1. The molecule has 0 spiro atoms. The Kier molecular flexibility index (Phi) is 5.18. The van der Waals surface area contributed by atoms with E-state index in [-0.39, 0.29) is 10.6 Å². The molecule has 2 aromatic heterocycles. The summed E-state index contributed by atoms with van der Waals surface area (Å²) in [7, 11) is 1.58. The van der Waals surface area contributed by atoms with Crippen molar-refractivity contribution in [3.63, 3.8) is 0 Å². The molecule has 6 nitrogen and oxygen atoms in total. The molecule has 0 bridgehead atoms. The second-order valence-corrected chi connectivity index (χ2v) is 7.57. The van der Waals surface area contributed by atoms with Crippen LogP contribution in [-0.4, -0.2) is 27.4 Å². The predicted octanol–water partition coefficient (Wildman–Crippen LogP) is 3.52. The van der Waals surface area contributed by atoms with Crippen LogP contribution < -0.4 is 16.2 Å². The van der Waals surface area contributed by atoms with E-state index in [1.165, 1.54) is 34.8 Å². The minimum absolute atomic E-state index is 0.145. The molecular weight excluding hydrogens is 362 g/mol. The van der Waals surface area contributed by atoms with Crippen LogP contribution in [0.2, 0.25) is 5.02 Å². The lowest BCUT2D eigenvalue weighted by atomic mass is 9.95. The van der Waals surface area contributed by atoms with E-state index in [1.54, 1.807) is 13.2 Å². The second kappa shape index (κ2) is 7.74. The number of nitrogens with one attached hydrogen (secondary N) is 2. The van der Waals surface area contributed by atoms with E-state index in [9.17, 15) is 4.79 Å². The van der Waals surface area contributed by atoms with Crippen molar-refractivity contribution in [1.82, 2.24) is 19.7 Å². The Morgan fingerprint density at radius 1 is 1.30 bits per heavy atom. The first-order valence-corrected chi connectivity index (χ1v) is 9.78. The van der Waals surface area contributed by atoms with E-state index in [4.69, 9.17) is 11.6 Å². The number of hydrogen-bond acceptors (Lipinski definition) is 4. The number of nitrogens with zero attached hydrogens (tertiary/aromatic N) is 3. The number of aryl methyl sites for hydroxylation is 2. The number of fused-ring (bicyclic) bond motifs is 1. The summed E-state index contributed by atoms with van der Waals surface area (Å²) in [6.07, 6.45) is 7.50. The highest BCUT2D eigenvalue weighted by molar-refractivity contribution is 6.33. The van der Waals surface area contributed by atoms with Crippen LogP contribution >= 0.6 is 11.6 Å². The van der Waals surface area contributed by atoms with Crippen LogP contribution in [-0.2, 0) is 13.6 Å². The summed E-state index contributed by atoms with van der Waals surface area (Å²) < 4.78 is 3.55. The fraction of sp³-hybridized carbons (Fsp3) is 0.400. The number of benzene rings is 1. The quantitative estimate of drug-likeness (QED) is 0.705. The molecule has 7 heteroatoms. The van der Waals surface area contributed by atoms with Gasteiger partial charge in [-0.3, -0.25) is 4.79 Å². The fourth-order valence-electron chi connectivity index (χ4n) is 3.72. The Morgan fingerprint density at radius 3 is 2.93 bits per heavy atom. The number of halogens is 1. The van der Waals surface area contributed by atoms with Gasteiger partial charge in [0.15, 0.2) is 0 Å². The number of piperidine rings is 1. The van der Waals surface area contributed by atoms with Crippen LogP contribution in [0.1, 0.15) is 19.3 Å². The molecule has 1 aliphatic heterocycles. The number of rotatable bonds is 5. The topological polar surface area (TPSA) is 63.9 Å². The maximum absolute atomic E-state index is 11.9. The van der Waals surface area contributed by atoms with E-state index >= 15 is 0 Å². The average molecular weight is 386 g/mol. The molecule has 4 rings (SSSR count). The average Bonchev–Trinajstić information content (AvgIpc) is 3.10. The summed E-state index contributed by atoms with van der Waals surface area (Å²) in [5, 5.41) is 12.0. The zero-order valence-electron chi connectivity index (χ0n) is 15.4. The fourth-order valence-corrected chi connectivity index (χ4v) is 3.94. The molecule has 1 saturated heterocycles. The van der Waals surface area contributed by atoms with Gasteiger partial charge in [-0.25, -0.2) is 4.68 Å². The summed E-state index contributed by atoms with van der Waals surface area (Å²) in [5.41, 5.74) is 2.31. The smallest absolute Gasteiger partial charge is 0.287 e. The SMILES string of the molecule is Cn1ncc(Nc2ccc3c(ccn3CCC3CCNCC3)c2)c(Cl)c1=O. The van der Waals surface area contributed by atoms with E-state index in [1.807, 2.05) is 6.07 Å². The second-order valence-electron chi connectivity index (χ2n) is 7.19. The van der Waals surface area contributed by atoms with Gasteiger partial charge in [0.2, 0.25) is 0 Å². The van der Waals surface area contributed by atoms with E-state index < -0.39 is 0 Å². The normalized spacial score (nSPS) is 15.3. The number of aromatic nitrogens is 3. The lowest BCUT2D eigenvalue weighted by Gasteiger charge is -2.22. The summed E-state index contributed by atoms with van der Waals surface area (Å²) >= 11 is 6.14. The van der Waals surface area contributed by atoms with Gasteiger partial charge in [-0.05, 0) is 62.5 Å². The van der Waals surface area contributed by atoms with Crippen LogP contribution in [0.5, 0.6) is 0 Å². The first kappa shape index (κ1) is 18.1. The van der Waals surface area contributed by atoms with Crippen molar-refractivity contribution in [2.24, 2.45) is 13.0 Å². The van der Waals surface area contributed by atoms with Gasteiger partial charge in [-0.15, -0.1) is 0 Å². The Morgan fingerprint density at radius 2 is 2.11 bits per heavy atom. The molecule has 0 amide bonds. The minimum Gasteiger partial charge on any atom is -0.353 e. The third kappa shape index (κ3) is 3.87. The number of hydrogen-bond donors (Lipinski definition) is 2. The van der Waals surface area contributed by atoms with Gasteiger partial charge in [0.25, 0.3) is 5.56 Å². The molecule has 3 heterocycles. The molecule has 0 atom stereocenters. The molecule has 0 aliphatic carbocycles. The van der Waals surface area contributed by atoms with Crippen LogP contribution in [0.15, 0.2) is 41.5 Å². The molecule has 1 aromatic carbocycles. The lowest BCUT2D eigenvalue weighted by molar-refractivity contribution is 0.339. The van der Waals surface area contributed by atoms with Gasteiger partial charge in [0, 0.05) is 36.4 Å². The van der Waals surface area contributed by atoms with E-state index in [2.05, 4.69) is 44.7 Å². The van der Waals surface area contributed by atoms with Crippen molar-refractivity contribution in [2.45, 2.75) is 25.8 Å². The van der Waals surface area contributed by atoms with Gasteiger partial charge < -0.3 is 15.2 Å². The standard InChI is InChI=1S/C20H24ClN5O/c1-25-20(27)19(21)17(13-23-25)24-16-2-3-18-15(12-16)7-11-26(18)10-6-14-4-8-22-9-5-14/h2-3,7,11-14,22,24H,4-6,8-10H2,1H3. The molecule has 142 valence electrons. The molecule has 1 fully saturated rings. The van der Waals surface area contributed by atoms with E-state index in [0.717, 1.165) is 31.2 Å². The molecule has 0 unspecified atom stereocenters. The van der Waals surface area contributed by atoms with Gasteiger partial charge in [-0.1, -0.05) is 11.6 Å². The zero-order chi connectivity index (χ0) is 18.8. The van der Waals surface area contributed by atoms with Crippen LogP contribution in [0.3, 0.4) is 0 Å². The molecule has 3 aromatic rings. The monoisotopic (exact) mass is 385 g/mol. The molecular formula is C20H24ClN5O. The van der Waals surface area contributed by atoms with Crippen LogP contribution in [0.25, 0.3) is 10.9 Å². The third-order valence-corrected chi connectivity index (χ3v) is 5.73. The summed E-state index contributed by atoms with van der Waals surface area (Å²) in [6.45, 7) is 3.34. The maximum atomic E-state index is 11.9. The Balaban J connectivity index is 1.50. The molecule has 0 saturated carbocycles. The minimum atomic E-state index is -0.313. The van der Waals surface area contributed by atoms with Crippen molar-refractivity contribution >= 4 is 33.9 Å². The Bertz CT molecular complexity index is 1000. The van der Waals surface area contributed by atoms with Gasteiger partial charge in [-0.2, -0.15) is 5.10 Å². The predicted molar refractivity (Wildman–Crippen MR) is 110 cm³/mol. The maximum Gasteiger partial charge on any atom is 0.287 e. The zero-order valence-corrected chi connectivity index (χ0v) is 16.2. The van der Waals surface area contributed by atoms with Crippen molar-refractivity contribution in [1.29, 1.82) is 0 Å². The Hall–Kier alpha value is -2.31. The molecule has 0 radical (unpaired) electrons. The van der Waals surface area contributed by atoms with Crippen molar-refractivity contribution in [3.05, 3.63) is 52.0 Å². The van der Waals surface area contributed by atoms with E-state index in [0.29, 0.717) is 5.69 Å². The molecule has 27 heavy (non-hydrogen) atoms. The van der Waals surface area contributed by atoms with Gasteiger partial charge in [0.05, 0.1) is 11.9 Å². The van der Waals surface area contributed by atoms with Crippen molar-refractivity contribution in [2.75, 3.05) is 18.4 Å². The lowest BCUT2D eigenvalue weighted by Crippen LogP contribution is -2.28. The molecule has 1 aliphatic rings.